The summed E-state index contributed by atoms with van der Waals surface area (Å²) < 4.78 is 30.6. The molecule has 0 fully saturated rings. The van der Waals surface area contributed by atoms with Gasteiger partial charge in [-0.2, -0.15) is 0 Å². The molecule has 2 rings (SSSR count). The molecule has 0 N–H and O–H groups in total. The van der Waals surface area contributed by atoms with Gasteiger partial charge in [0.2, 0.25) is 0 Å². The van der Waals surface area contributed by atoms with E-state index in [1.807, 2.05) is 0 Å². The van der Waals surface area contributed by atoms with Gasteiger partial charge in [0.15, 0.2) is 0 Å². The van der Waals surface area contributed by atoms with Crippen LogP contribution in [0.5, 0.6) is 5.75 Å². The fraction of sp³-hybridized carbons (Fsp3) is 0.333. The normalized spacial score (nSPS) is 14.5. The van der Waals surface area contributed by atoms with Crippen LogP contribution < -0.4 is 4.74 Å². The van der Waals surface area contributed by atoms with Gasteiger partial charge < -0.3 is 4.74 Å². The third kappa shape index (κ3) is 1.55. The van der Waals surface area contributed by atoms with Gasteiger partial charge in [-0.05, 0) is 33.6 Å². The van der Waals surface area contributed by atoms with Crippen molar-refractivity contribution in [3.05, 3.63) is 27.7 Å². The number of benzene rings is 1. The lowest BCUT2D eigenvalue weighted by atomic mass is 10.1. The van der Waals surface area contributed by atoms with Crippen molar-refractivity contribution in [2.24, 2.45) is 0 Å². The summed E-state index contributed by atoms with van der Waals surface area (Å²) in [6.07, 6.45) is -1.70. The maximum absolute atomic E-state index is 12.4. The minimum atomic E-state index is -2.41. The molecule has 0 aromatic heterocycles. The van der Waals surface area contributed by atoms with Crippen molar-refractivity contribution >= 4 is 15.9 Å². The Hall–Kier alpha value is -0.640. The molecule has 0 saturated carbocycles. The maximum Gasteiger partial charge on any atom is 0.263 e. The quantitative estimate of drug-likeness (QED) is 0.741. The first-order valence-electron chi connectivity index (χ1n) is 3.92. The lowest BCUT2D eigenvalue weighted by Crippen LogP contribution is -1.88. The largest absolute Gasteiger partial charge is 0.492 e. The molecule has 1 aromatic rings. The van der Waals surface area contributed by atoms with Crippen LogP contribution in [0.15, 0.2) is 16.6 Å². The second kappa shape index (κ2) is 3.25. The Kier molecular flexibility index (Phi) is 2.24. The predicted octanol–water partition coefficient (Wildman–Crippen LogP) is 3.32. The molecule has 0 atom stereocenters. The third-order valence-corrected chi connectivity index (χ3v) is 2.60. The number of alkyl halides is 2. The Labute approximate surface area is 82.8 Å². The number of hydrogen-bond donors (Lipinski definition) is 0. The first kappa shape index (κ1) is 8.94. The van der Waals surface area contributed by atoms with E-state index in [2.05, 4.69) is 15.9 Å². The van der Waals surface area contributed by atoms with Crippen LogP contribution >= 0.6 is 15.9 Å². The molecular weight excluding hydrogens is 242 g/mol. The molecule has 0 aliphatic carbocycles. The molecule has 1 heterocycles. The SMILES string of the molecule is FC(F)c1cc(Br)c2c(c1)CCO2. The molecule has 70 valence electrons. The van der Waals surface area contributed by atoms with Crippen LogP contribution in [0.2, 0.25) is 0 Å². The highest BCUT2D eigenvalue weighted by Gasteiger charge is 2.19. The topological polar surface area (TPSA) is 9.23 Å². The van der Waals surface area contributed by atoms with Crippen molar-refractivity contribution in [2.45, 2.75) is 12.8 Å². The molecule has 0 amide bonds. The van der Waals surface area contributed by atoms with Crippen LogP contribution in [0.25, 0.3) is 0 Å². The van der Waals surface area contributed by atoms with E-state index in [4.69, 9.17) is 4.74 Å². The maximum atomic E-state index is 12.4. The van der Waals surface area contributed by atoms with Crippen LogP contribution in [-0.2, 0) is 6.42 Å². The minimum Gasteiger partial charge on any atom is -0.492 e. The van der Waals surface area contributed by atoms with E-state index < -0.39 is 6.43 Å². The Balaban J connectivity index is 2.49. The van der Waals surface area contributed by atoms with Gasteiger partial charge in [0, 0.05) is 12.0 Å². The van der Waals surface area contributed by atoms with E-state index in [-0.39, 0.29) is 5.56 Å². The van der Waals surface area contributed by atoms with Gasteiger partial charge in [0.25, 0.3) is 6.43 Å². The molecule has 1 aliphatic rings. The number of ether oxygens (including phenoxy) is 1. The zero-order valence-electron chi connectivity index (χ0n) is 6.69. The van der Waals surface area contributed by atoms with Crippen molar-refractivity contribution in [1.82, 2.24) is 0 Å². The van der Waals surface area contributed by atoms with Crippen LogP contribution in [0, 0.1) is 0 Å². The average molecular weight is 249 g/mol. The summed E-state index contributed by atoms with van der Waals surface area (Å²) in [5.41, 5.74) is 0.917. The summed E-state index contributed by atoms with van der Waals surface area (Å²) >= 11 is 3.21. The van der Waals surface area contributed by atoms with Crippen molar-refractivity contribution in [3.63, 3.8) is 0 Å². The van der Waals surface area contributed by atoms with Crippen LogP contribution in [0.4, 0.5) is 8.78 Å². The fourth-order valence-corrected chi connectivity index (χ4v) is 2.04. The van der Waals surface area contributed by atoms with Gasteiger partial charge in [0.1, 0.15) is 5.75 Å². The molecule has 1 aromatic carbocycles. The number of fused-ring (bicyclic) bond motifs is 1. The van der Waals surface area contributed by atoms with E-state index in [1.54, 1.807) is 0 Å². The van der Waals surface area contributed by atoms with E-state index in [1.165, 1.54) is 12.1 Å². The van der Waals surface area contributed by atoms with E-state index in [0.717, 1.165) is 5.56 Å². The van der Waals surface area contributed by atoms with Crippen molar-refractivity contribution in [3.8, 4) is 5.75 Å². The van der Waals surface area contributed by atoms with Gasteiger partial charge in [0.05, 0.1) is 11.1 Å². The fourth-order valence-electron chi connectivity index (χ4n) is 1.41. The molecule has 13 heavy (non-hydrogen) atoms. The minimum absolute atomic E-state index is 0.0520. The molecule has 0 bridgehead atoms. The first-order chi connectivity index (χ1) is 6.18. The van der Waals surface area contributed by atoms with Gasteiger partial charge in [-0.1, -0.05) is 0 Å². The zero-order valence-corrected chi connectivity index (χ0v) is 8.27. The summed E-state index contributed by atoms with van der Waals surface area (Å²) in [5, 5.41) is 0. The second-order valence-corrected chi connectivity index (χ2v) is 3.74. The van der Waals surface area contributed by atoms with E-state index in [0.29, 0.717) is 23.2 Å². The van der Waals surface area contributed by atoms with E-state index in [9.17, 15) is 8.78 Å². The number of hydrogen-bond acceptors (Lipinski definition) is 1. The predicted molar refractivity (Wildman–Crippen MR) is 48.3 cm³/mol. The molecule has 0 saturated heterocycles. The Morgan fingerprint density at radius 1 is 1.38 bits per heavy atom. The van der Waals surface area contributed by atoms with Gasteiger partial charge in [-0.15, -0.1) is 0 Å². The molecular formula is C9H7BrF2O. The summed E-state index contributed by atoms with van der Waals surface area (Å²) in [4.78, 5) is 0. The molecule has 0 spiro atoms. The molecule has 0 unspecified atom stereocenters. The highest BCUT2D eigenvalue weighted by Crippen LogP contribution is 2.37. The lowest BCUT2D eigenvalue weighted by Gasteiger charge is -2.05. The highest BCUT2D eigenvalue weighted by atomic mass is 79.9. The average Bonchev–Trinajstić information content (AvgIpc) is 2.51. The lowest BCUT2D eigenvalue weighted by molar-refractivity contribution is 0.151. The Bertz CT molecular complexity index is 339. The Morgan fingerprint density at radius 3 is 2.85 bits per heavy atom. The van der Waals surface area contributed by atoms with E-state index >= 15 is 0 Å². The highest BCUT2D eigenvalue weighted by molar-refractivity contribution is 9.10. The number of rotatable bonds is 1. The first-order valence-corrected chi connectivity index (χ1v) is 4.71. The van der Waals surface area contributed by atoms with Crippen molar-refractivity contribution in [1.29, 1.82) is 0 Å². The summed E-state index contributed by atoms with van der Waals surface area (Å²) in [5.74, 6) is 0.712. The monoisotopic (exact) mass is 248 g/mol. The second-order valence-electron chi connectivity index (χ2n) is 2.89. The van der Waals surface area contributed by atoms with Crippen LogP contribution in [-0.4, -0.2) is 6.61 Å². The van der Waals surface area contributed by atoms with Crippen LogP contribution in [0.1, 0.15) is 17.6 Å². The summed E-state index contributed by atoms with van der Waals surface area (Å²) in [7, 11) is 0. The van der Waals surface area contributed by atoms with Crippen molar-refractivity contribution < 1.29 is 13.5 Å². The van der Waals surface area contributed by atoms with Crippen molar-refractivity contribution in [2.75, 3.05) is 6.61 Å². The standard InChI is InChI=1S/C9H7BrF2O/c10-7-4-6(9(11)12)3-5-1-2-13-8(5)7/h3-4,9H,1-2H2. The molecule has 1 nitrogen and oxygen atoms in total. The summed E-state index contributed by atoms with van der Waals surface area (Å²) in [6, 6.07) is 2.92. The van der Waals surface area contributed by atoms with Gasteiger partial charge in [-0.3, -0.25) is 0 Å². The molecule has 4 heteroatoms. The zero-order chi connectivity index (χ0) is 9.42. The van der Waals surface area contributed by atoms with Gasteiger partial charge in [-0.25, -0.2) is 8.78 Å². The third-order valence-electron chi connectivity index (χ3n) is 2.01. The summed E-state index contributed by atoms with van der Waals surface area (Å²) in [6.45, 7) is 0.584. The van der Waals surface area contributed by atoms with Gasteiger partial charge >= 0.3 is 0 Å². The molecule has 0 radical (unpaired) electrons. The molecule has 1 aliphatic heterocycles. The Morgan fingerprint density at radius 2 is 2.15 bits per heavy atom. The van der Waals surface area contributed by atoms with Crippen LogP contribution in [0.3, 0.4) is 0 Å². The smallest absolute Gasteiger partial charge is 0.263 e. The number of halogens is 3.